The highest BCUT2D eigenvalue weighted by Crippen LogP contribution is 2.36. The van der Waals surface area contributed by atoms with Gasteiger partial charge >= 0.3 is 5.69 Å². The van der Waals surface area contributed by atoms with Crippen LogP contribution in [0.15, 0.2) is 36.5 Å². The van der Waals surface area contributed by atoms with Crippen LogP contribution < -0.4 is 10.1 Å². The first-order chi connectivity index (χ1) is 9.61. The number of rotatable bonds is 5. The van der Waals surface area contributed by atoms with Gasteiger partial charge in [0.25, 0.3) is 0 Å². The molecule has 0 aliphatic heterocycles. The van der Waals surface area contributed by atoms with Crippen molar-refractivity contribution >= 4 is 11.5 Å². The van der Waals surface area contributed by atoms with Crippen LogP contribution in [0.25, 0.3) is 0 Å². The minimum Gasteiger partial charge on any atom is -0.500 e. The van der Waals surface area contributed by atoms with Crippen LogP contribution in [-0.4, -0.2) is 22.1 Å². The molecule has 20 heavy (non-hydrogen) atoms. The SMILES string of the molecule is COc1cc(CNc2ccccn2)cc([N+](=O)[O-])c1O. The predicted molar refractivity (Wildman–Crippen MR) is 72.9 cm³/mol. The maximum Gasteiger partial charge on any atom is 0.315 e. The molecule has 1 heterocycles. The number of anilines is 1. The second-order valence-corrected chi connectivity index (χ2v) is 3.99. The van der Waals surface area contributed by atoms with E-state index in [9.17, 15) is 15.2 Å². The number of aromatic nitrogens is 1. The van der Waals surface area contributed by atoms with E-state index in [1.165, 1.54) is 19.2 Å². The molecule has 7 nitrogen and oxygen atoms in total. The molecule has 0 fully saturated rings. The summed E-state index contributed by atoms with van der Waals surface area (Å²) in [6, 6.07) is 8.24. The lowest BCUT2D eigenvalue weighted by molar-refractivity contribution is -0.386. The summed E-state index contributed by atoms with van der Waals surface area (Å²) >= 11 is 0. The van der Waals surface area contributed by atoms with Crippen LogP contribution in [-0.2, 0) is 6.54 Å². The van der Waals surface area contributed by atoms with E-state index >= 15 is 0 Å². The van der Waals surface area contributed by atoms with Gasteiger partial charge in [-0.15, -0.1) is 0 Å². The molecule has 0 aliphatic carbocycles. The van der Waals surface area contributed by atoms with Crippen molar-refractivity contribution < 1.29 is 14.8 Å². The van der Waals surface area contributed by atoms with Gasteiger partial charge in [-0.2, -0.15) is 0 Å². The fourth-order valence-corrected chi connectivity index (χ4v) is 1.71. The number of nitro benzene ring substituents is 1. The molecule has 0 saturated carbocycles. The topological polar surface area (TPSA) is 97.5 Å². The number of hydrogen-bond acceptors (Lipinski definition) is 6. The van der Waals surface area contributed by atoms with Gasteiger partial charge in [0.1, 0.15) is 5.82 Å². The highest BCUT2D eigenvalue weighted by molar-refractivity contribution is 5.57. The maximum atomic E-state index is 10.9. The van der Waals surface area contributed by atoms with Crippen LogP contribution in [0, 0.1) is 10.1 Å². The molecule has 0 radical (unpaired) electrons. The molecule has 1 aromatic carbocycles. The number of hydrogen-bond donors (Lipinski definition) is 2. The number of pyridine rings is 1. The molecule has 0 unspecified atom stereocenters. The van der Waals surface area contributed by atoms with Crippen molar-refractivity contribution in [3.63, 3.8) is 0 Å². The molecular formula is C13H13N3O4. The molecule has 0 amide bonds. The van der Waals surface area contributed by atoms with Gasteiger partial charge in [-0.1, -0.05) is 6.07 Å². The van der Waals surface area contributed by atoms with E-state index in [0.29, 0.717) is 17.9 Å². The molecule has 0 bridgehead atoms. The lowest BCUT2D eigenvalue weighted by Crippen LogP contribution is -2.02. The fourth-order valence-electron chi connectivity index (χ4n) is 1.71. The minimum absolute atomic E-state index is 0.0667. The van der Waals surface area contributed by atoms with Crippen molar-refractivity contribution in [3.8, 4) is 11.5 Å². The average molecular weight is 275 g/mol. The van der Waals surface area contributed by atoms with E-state index in [1.54, 1.807) is 18.3 Å². The summed E-state index contributed by atoms with van der Waals surface area (Å²) in [5.74, 6) is 0.248. The number of phenols is 1. The van der Waals surface area contributed by atoms with E-state index < -0.39 is 10.7 Å². The zero-order valence-corrected chi connectivity index (χ0v) is 10.7. The van der Waals surface area contributed by atoms with Crippen molar-refractivity contribution in [2.24, 2.45) is 0 Å². The van der Waals surface area contributed by atoms with E-state index in [-0.39, 0.29) is 11.4 Å². The third-order valence-corrected chi connectivity index (χ3v) is 2.67. The van der Waals surface area contributed by atoms with Gasteiger partial charge in [0.05, 0.1) is 12.0 Å². The van der Waals surface area contributed by atoms with Crippen LogP contribution in [0.3, 0.4) is 0 Å². The summed E-state index contributed by atoms with van der Waals surface area (Å²) in [5.41, 5.74) is 0.221. The van der Waals surface area contributed by atoms with E-state index in [4.69, 9.17) is 4.74 Å². The number of methoxy groups -OCH3 is 1. The Morgan fingerprint density at radius 2 is 2.25 bits per heavy atom. The van der Waals surface area contributed by atoms with Gasteiger partial charge in [0.15, 0.2) is 5.75 Å². The summed E-state index contributed by atoms with van der Waals surface area (Å²) in [4.78, 5) is 14.3. The van der Waals surface area contributed by atoms with Gasteiger partial charge in [-0.05, 0) is 23.8 Å². The van der Waals surface area contributed by atoms with Crippen molar-refractivity contribution in [2.45, 2.75) is 6.54 Å². The molecule has 0 atom stereocenters. The van der Waals surface area contributed by atoms with Crippen molar-refractivity contribution in [1.82, 2.24) is 4.98 Å². The molecular weight excluding hydrogens is 262 g/mol. The number of phenolic OH excluding ortho intramolecular Hbond substituents is 1. The Hall–Kier alpha value is -2.83. The van der Waals surface area contributed by atoms with Crippen LogP contribution in [0.5, 0.6) is 11.5 Å². The number of benzene rings is 1. The number of nitrogens with zero attached hydrogens (tertiary/aromatic N) is 2. The fraction of sp³-hybridized carbons (Fsp3) is 0.154. The van der Waals surface area contributed by atoms with Gasteiger partial charge in [-0.3, -0.25) is 10.1 Å². The Morgan fingerprint density at radius 3 is 2.85 bits per heavy atom. The molecule has 7 heteroatoms. The van der Waals surface area contributed by atoms with E-state index in [0.717, 1.165) is 0 Å². The molecule has 1 aromatic heterocycles. The number of nitro groups is 1. The Morgan fingerprint density at radius 1 is 1.45 bits per heavy atom. The van der Waals surface area contributed by atoms with Gasteiger partial charge < -0.3 is 15.2 Å². The normalized spacial score (nSPS) is 10.1. The Balaban J connectivity index is 2.23. The Labute approximate surface area is 115 Å². The molecule has 2 N–H and O–H groups in total. The number of ether oxygens (including phenoxy) is 1. The maximum absolute atomic E-state index is 10.9. The number of nitrogens with one attached hydrogen (secondary N) is 1. The molecule has 0 spiro atoms. The summed E-state index contributed by atoms with van der Waals surface area (Å²) in [7, 11) is 1.34. The van der Waals surface area contributed by atoms with Crippen LogP contribution in [0.1, 0.15) is 5.56 Å². The first-order valence-corrected chi connectivity index (χ1v) is 5.81. The van der Waals surface area contributed by atoms with Crippen molar-refractivity contribution in [1.29, 1.82) is 0 Å². The third-order valence-electron chi connectivity index (χ3n) is 2.67. The number of aromatic hydroxyl groups is 1. The smallest absolute Gasteiger partial charge is 0.315 e. The standard InChI is InChI=1S/C13H13N3O4/c1-20-11-7-9(6-10(13(11)17)16(18)19)8-15-12-4-2-3-5-14-12/h2-7,17H,8H2,1H3,(H,14,15). The lowest BCUT2D eigenvalue weighted by atomic mass is 10.1. The monoisotopic (exact) mass is 275 g/mol. The summed E-state index contributed by atoms with van der Waals surface area (Å²) in [6.45, 7) is 0.328. The van der Waals surface area contributed by atoms with Crippen molar-refractivity contribution in [2.75, 3.05) is 12.4 Å². The highest BCUT2D eigenvalue weighted by atomic mass is 16.6. The molecule has 0 saturated heterocycles. The zero-order chi connectivity index (χ0) is 14.5. The largest absolute Gasteiger partial charge is 0.500 e. The second-order valence-electron chi connectivity index (χ2n) is 3.99. The zero-order valence-electron chi connectivity index (χ0n) is 10.7. The van der Waals surface area contributed by atoms with Crippen LogP contribution in [0.2, 0.25) is 0 Å². The quantitative estimate of drug-likeness (QED) is 0.642. The Bertz CT molecular complexity index is 617. The second kappa shape index (κ2) is 5.87. The molecule has 2 rings (SSSR count). The average Bonchev–Trinajstić information content (AvgIpc) is 2.47. The first kappa shape index (κ1) is 13.6. The van der Waals surface area contributed by atoms with Gasteiger partial charge in [0, 0.05) is 18.8 Å². The summed E-state index contributed by atoms with van der Waals surface area (Å²) < 4.78 is 4.93. The van der Waals surface area contributed by atoms with Crippen LogP contribution >= 0.6 is 0 Å². The first-order valence-electron chi connectivity index (χ1n) is 5.81. The highest BCUT2D eigenvalue weighted by Gasteiger charge is 2.19. The summed E-state index contributed by atoms with van der Waals surface area (Å²) in [6.07, 6.45) is 1.64. The van der Waals surface area contributed by atoms with Crippen molar-refractivity contribution in [3.05, 3.63) is 52.2 Å². The van der Waals surface area contributed by atoms with Crippen LogP contribution in [0.4, 0.5) is 11.5 Å². The Kier molecular flexibility index (Phi) is 3.99. The van der Waals surface area contributed by atoms with E-state index in [2.05, 4.69) is 10.3 Å². The lowest BCUT2D eigenvalue weighted by Gasteiger charge is -2.09. The van der Waals surface area contributed by atoms with Gasteiger partial charge in [0.2, 0.25) is 5.75 Å². The molecule has 0 aliphatic rings. The molecule has 2 aromatic rings. The minimum atomic E-state index is -0.651. The summed E-state index contributed by atoms with van der Waals surface area (Å²) in [5, 5.41) is 23.6. The van der Waals surface area contributed by atoms with E-state index in [1.807, 2.05) is 6.07 Å². The van der Waals surface area contributed by atoms with Gasteiger partial charge in [-0.25, -0.2) is 4.98 Å². The predicted octanol–water partition coefficient (Wildman–Crippen LogP) is 2.32. The molecule has 104 valence electrons. The third kappa shape index (κ3) is 2.94.